The standard InChI is InChI=1S/C22H46O4S.K/c1-2-3-4-5-6-7-8-9-10-11-12-13-14-15-16-17-18-19-20-22(21-23)27(24,25)26;/h22-23H,2-21H2,1H3,(H,24,25,26);/q;+1/p-1. The number of unbranched alkanes of at least 4 members (excludes halogenated alkanes) is 17. The molecule has 0 spiro atoms. The maximum absolute atomic E-state index is 10.9. The van der Waals surface area contributed by atoms with Crippen LogP contribution in [-0.4, -0.2) is 29.9 Å². The Balaban J connectivity index is 0. The van der Waals surface area contributed by atoms with Crippen molar-refractivity contribution in [1.29, 1.82) is 0 Å². The molecule has 0 saturated heterocycles. The summed E-state index contributed by atoms with van der Waals surface area (Å²) in [5, 5.41) is 7.81. The third kappa shape index (κ3) is 22.2. The summed E-state index contributed by atoms with van der Waals surface area (Å²) in [7, 11) is -4.34. The predicted molar refractivity (Wildman–Crippen MR) is 114 cm³/mol. The van der Waals surface area contributed by atoms with Crippen molar-refractivity contribution >= 4 is 10.1 Å². The van der Waals surface area contributed by atoms with E-state index >= 15 is 0 Å². The van der Waals surface area contributed by atoms with Gasteiger partial charge < -0.3 is 9.66 Å². The number of hydrogen-bond acceptors (Lipinski definition) is 4. The Morgan fingerprint density at radius 3 is 1.18 bits per heavy atom. The van der Waals surface area contributed by atoms with Gasteiger partial charge in [-0.1, -0.05) is 122 Å². The minimum atomic E-state index is -4.34. The first-order valence-electron chi connectivity index (χ1n) is 11.6. The molecule has 6 heteroatoms. The van der Waals surface area contributed by atoms with Crippen LogP contribution in [0.15, 0.2) is 0 Å². The van der Waals surface area contributed by atoms with Crippen molar-refractivity contribution in [2.24, 2.45) is 0 Å². The molecule has 0 bridgehead atoms. The van der Waals surface area contributed by atoms with E-state index in [2.05, 4.69) is 6.92 Å². The molecule has 0 aliphatic rings. The molecule has 0 saturated carbocycles. The molecule has 0 fully saturated rings. The molecule has 0 heterocycles. The fraction of sp³-hybridized carbons (Fsp3) is 1.00. The van der Waals surface area contributed by atoms with Crippen molar-refractivity contribution < 1.29 is 69.5 Å². The largest absolute Gasteiger partial charge is 1.00 e. The van der Waals surface area contributed by atoms with E-state index in [1.807, 2.05) is 0 Å². The van der Waals surface area contributed by atoms with E-state index < -0.39 is 22.0 Å². The van der Waals surface area contributed by atoms with E-state index in [0.29, 0.717) is 12.8 Å². The molecular weight excluding hydrogens is 399 g/mol. The van der Waals surface area contributed by atoms with Gasteiger partial charge in [0, 0.05) is 0 Å². The average molecular weight is 445 g/mol. The van der Waals surface area contributed by atoms with Crippen molar-refractivity contribution in [3.63, 3.8) is 0 Å². The predicted octanol–water partition coefficient (Wildman–Crippen LogP) is 3.33. The summed E-state index contributed by atoms with van der Waals surface area (Å²) in [6.07, 6.45) is 23.5. The molecule has 164 valence electrons. The Labute approximate surface area is 218 Å². The number of hydrogen-bond donors (Lipinski definition) is 1. The first-order valence-corrected chi connectivity index (χ1v) is 13.0. The first kappa shape index (κ1) is 31.7. The fourth-order valence-electron chi connectivity index (χ4n) is 3.60. The molecule has 0 aromatic carbocycles. The summed E-state index contributed by atoms with van der Waals surface area (Å²) in [6, 6.07) is 0. The molecule has 1 N–H and O–H groups in total. The summed E-state index contributed by atoms with van der Waals surface area (Å²) in [6.45, 7) is 1.72. The van der Waals surface area contributed by atoms with Crippen molar-refractivity contribution in [2.75, 3.05) is 6.61 Å². The van der Waals surface area contributed by atoms with Gasteiger partial charge in [0.05, 0.1) is 22.0 Å². The molecule has 0 rings (SSSR count). The molecule has 4 nitrogen and oxygen atoms in total. The molecule has 1 unspecified atom stereocenters. The van der Waals surface area contributed by atoms with Crippen LogP contribution in [0.2, 0.25) is 0 Å². The van der Waals surface area contributed by atoms with Gasteiger partial charge in [-0.2, -0.15) is 0 Å². The van der Waals surface area contributed by atoms with Gasteiger partial charge in [-0.05, 0) is 6.42 Å². The van der Waals surface area contributed by atoms with E-state index in [4.69, 9.17) is 5.11 Å². The first-order chi connectivity index (χ1) is 13.0. The quantitative estimate of drug-likeness (QED) is 0.167. The monoisotopic (exact) mass is 444 g/mol. The van der Waals surface area contributed by atoms with Gasteiger partial charge in [0.25, 0.3) is 0 Å². The third-order valence-corrected chi connectivity index (χ3v) is 6.69. The van der Waals surface area contributed by atoms with Crippen molar-refractivity contribution in [3.05, 3.63) is 0 Å². The van der Waals surface area contributed by atoms with E-state index in [0.717, 1.165) is 12.8 Å². The van der Waals surface area contributed by atoms with E-state index in [9.17, 15) is 13.0 Å². The zero-order chi connectivity index (χ0) is 20.2. The van der Waals surface area contributed by atoms with Crippen LogP contribution in [0.4, 0.5) is 0 Å². The Morgan fingerprint density at radius 1 is 0.643 bits per heavy atom. The van der Waals surface area contributed by atoms with Gasteiger partial charge in [0.1, 0.15) is 0 Å². The van der Waals surface area contributed by atoms with E-state index in [1.165, 1.54) is 96.3 Å². The summed E-state index contributed by atoms with van der Waals surface area (Å²) in [5.74, 6) is 0. The van der Waals surface area contributed by atoms with Crippen LogP contribution in [0.3, 0.4) is 0 Å². The minimum Gasteiger partial charge on any atom is -0.748 e. The normalized spacial score (nSPS) is 12.7. The Kier molecular flexibility index (Phi) is 26.2. The molecule has 0 radical (unpaired) electrons. The van der Waals surface area contributed by atoms with Crippen LogP contribution in [0.1, 0.15) is 129 Å². The Hall–Kier alpha value is 1.51. The molecule has 0 aliphatic heterocycles. The number of rotatable bonds is 21. The molecular formula is C22H45KO4S. The van der Waals surface area contributed by atoms with Crippen LogP contribution < -0.4 is 51.4 Å². The summed E-state index contributed by atoms with van der Waals surface area (Å²) in [5.41, 5.74) is 0. The van der Waals surface area contributed by atoms with Gasteiger partial charge >= 0.3 is 51.4 Å². The van der Waals surface area contributed by atoms with Crippen LogP contribution in [0, 0.1) is 0 Å². The molecule has 1 atom stereocenters. The second-order valence-corrected chi connectivity index (χ2v) is 9.75. The van der Waals surface area contributed by atoms with E-state index in [-0.39, 0.29) is 51.4 Å². The maximum atomic E-state index is 10.9. The van der Waals surface area contributed by atoms with Crippen molar-refractivity contribution in [2.45, 2.75) is 134 Å². The smallest absolute Gasteiger partial charge is 0.748 e. The van der Waals surface area contributed by atoms with Crippen molar-refractivity contribution in [3.8, 4) is 0 Å². The van der Waals surface area contributed by atoms with Gasteiger partial charge in [-0.25, -0.2) is 8.42 Å². The van der Waals surface area contributed by atoms with Gasteiger partial charge in [-0.3, -0.25) is 0 Å². The molecule has 0 aliphatic carbocycles. The molecule has 0 amide bonds. The number of aliphatic hydroxyl groups excluding tert-OH is 1. The van der Waals surface area contributed by atoms with Gasteiger partial charge in [0.15, 0.2) is 0 Å². The summed E-state index contributed by atoms with van der Waals surface area (Å²) < 4.78 is 32.6. The summed E-state index contributed by atoms with van der Waals surface area (Å²) >= 11 is 0. The molecule has 0 aromatic heterocycles. The Bertz CT molecular complexity index is 401. The van der Waals surface area contributed by atoms with Crippen LogP contribution in [0.5, 0.6) is 0 Å². The fourth-order valence-corrected chi connectivity index (χ4v) is 4.24. The SMILES string of the molecule is CCCCCCCCCCCCCCCCCCCCC(CO)S(=O)(=O)[O-].[K+]. The second kappa shape index (κ2) is 23.2. The zero-order valence-corrected chi connectivity index (χ0v) is 22.7. The average Bonchev–Trinajstić information content (AvgIpc) is 2.62. The summed E-state index contributed by atoms with van der Waals surface area (Å²) in [4.78, 5) is 0. The molecule has 0 aromatic rings. The maximum Gasteiger partial charge on any atom is 1.00 e. The van der Waals surface area contributed by atoms with Gasteiger partial charge in [0.2, 0.25) is 0 Å². The molecule has 28 heavy (non-hydrogen) atoms. The van der Waals surface area contributed by atoms with Crippen molar-refractivity contribution in [1.82, 2.24) is 0 Å². The minimum absolute atomic E-state index is 0. The second-order valence-electron chi connectivity index (χ2n) is 8.10. The Morgan fingerprint density at radius 2 is 0.929 bits per heavy atom. The van der Waals surface area contributed by atoms with Crippen LogP contribution in [-0.2, 0) is 10.1 Å². The van der Waals surface area contributed by atoms with E-state index in [1.54, 1.807) is 0 Å². The zero-order valence-electron chi connectivity index (χ0n) is 18.8. The topological polar surface area (TPSA) is 77.4 Å². The number of aliphatic hydroxyl groups is 1. The van der Waals surface area contributed by atoms with Crippen LogP contribution >= 0.6 is 0 Å². The van der Waals surface area contributed by atoms with Gasteiger partial charge in [-0.15, -0.1) is 0 Å². The van der Waals surface area contributed by atoms with Crippen LogP contribution in [0.25, 0.3) is 0 Å². The third-order valence-electron chi connectivity index (χ3n) is 5.49.